The van der Waals surface area contributed by atoms with Crippen LogP contribution in [0.2, 0.25) is 0 Å². The number of amides is 4. The molecule has 0 aliphatic carbocycles. The Balaban J connectivity index is 1.58. The number of ether oxygens (including phenoxy) is 2. The SMILES string of the molecule is CCCON(CCC)C(=O)CN1C[C@H](c2ccc3c(c2)OCO3)[C@@H](C(=O)O)[C@@H]1CCN1CCC(=O)N(C)C1=O. The number of carbonyl (C=O) groups is 4. The van der Waals surface area contributed by atoms with E-state index >= 15 is 0 Å². The molecule has 4 amide bonds. The van der Waals surface area contributed by atoms with Gasteiger partial charge in [0, 0.05) is 51.6 Å². The minimum absolute atomic E-state index is 0.00839. The van der Waals surface area contributed by atoms with Crippen LogP contribution in [0, 0.1) is 5.92 Å². The number of hydrogen-bond acceptors (Lipinski definition) is 8. The molecular weight excluding hydrogens is 508 g/mol. The maximum absolute atomic E-state index is 13.3. The second-order valence-corrected chi connectivity index (χ2v) is 10.2. The maximum Gasteiger partial charge on any atom is 0.326 e. The number of carboxylic acid groups (broad SMARTS) is 1. The Bertz CT molecular complexity index is 1080. The average molecular weight is 547 g/mol. The van der Waals surface area contributed by atoms with E-state index in [9.17, 15) is 24.3 Å². The minimum Gasteiger partial charge on any atom is -0.481 e. The molecule has 0 saturated carbocycles. The smallest absolute Gasteiger partial charge is 0.326 e. The number of fused-ring (bicyclic) bond motifs is 1. The van der Waals surface area contributed by atoms with E-state index in [-0.39, 0.29) is 44.7 Å². The predicted molar refractivity (Wildman–Crippen MR) is 139 cm³/mol. The first-order chi connectivity index (χ1) is 18.7. The molecule has 3 aliphatic rings. The number of nitrogens with zero attached hydrogens (tertiary/aromatic N) is 4. The third kappa shape index (κ3) is 6.27. The van der Waals surface area contributed by atoms with E-state index in [4.69, 9.17) is 14.3 Å². The molecule has 2 fully saturated rings. The molecular formula is C27H38N4O8. The summed E-state index contributed by atoms with van der Waals surface area (Å²) in [4.78, 5) is 60.9. The molecule has 0 unspecified atom stereocenters. The monoisotopic (exact) mass is 546 g/mol. The van der Waals surface area contributed by atoms with Gasteiger partial charge in [0.15, 0.2) is 11.5 Å². The van der Waals surface area contributed by atoms with Gasteiger partial charge in [0.2, 0.25) is 12.7 Å². The second-order valence-electron chi connectivity index (χ2n) is 10.2. The topological polar surface area (TPSA) is 129 Å². The van der Waals surface area contributed by atoms with Crippen LogP contribution in [-0.2, 0) is 19.2 Å². The number of likely N-dealkylation sites (tertiary alicyclic amines) is 1. The summed E-state index contributed by atoms with van der Waals surface area (Å²) in [6.07, 6.45) is 2.04. The molecule has 12 heteroatoms. The fourth-order valence-electron chi connectivity index (χ4n) is 5.56. The third-order valence-corrected chi connectivity index (χ3v) is 7.57. The van der Waals surface area contributed by atoms with Crippen molar-refractivity contribution in [2.75, 3.05) is 53.2 Å². The van der Waals surface area contributed by atoms with E-state index in [1.165, 1.54) is 12.1 Å². The lowest BCUT2D eigenvalue weighted by Gasteiger charge is -2.34. The fraction of sp³-hybridized carbons (Fsp3) is 0.630. The summed E-state index contributed by atoms with van der Waals surface area (Å²) in [5.74, 6) is -1.50. The number of rotatable bonds is 12. The standard InChI is InChI=1S/C27H38N4O8/c1-4-10-31(39-13-5-2)24(33)16-30-15-19(18-6-7-21-22(14-18)38-17-37-21)25(26(34)35)20(30)8-11-29-12-9-23(32)28(3)27(29)36/h6-7,14,19-20,25H,4-5,8-13,15-17H2,1-3H3,(H,34,35)/t19-,20+,25-/m1/s1. The number of imide groups is 1. The van der Waals surface area contributed by atoms with Crippen LogP contribution >= 0.6 is 0 Å². The summed E-state index contributed by atoms with van der Waals surface area (Å²) in [6.45, 7) is 5.78. The van der Waals surface area contributed by atoms with Gasteiger partial charge in [0.25, 0.3) is 5.91 Å². The molecule has 12 nitrogen and oxygen atoms in total. The Kier molecular flexibility index (Phi) is 9.28. The van der Waals surface area contributed by atoms with Crippen molar-refractivity contribution < 1.29 is 38.6 Å². The molecule has 1 aromatic carbocycles. The molecule has 0 bridgehead atoms. The van der Waals surface area contributed by atoms with Crippen LogP contribution < -0.4 is 9.47 Å². The molecule has 214 valence electrons. The molecule has 0 spiro atoms. The van der Waals surface area contributed by atoms with E-state index < -0.39 is 29.9 Å². The van der Waals surface area contributed by atoms with Crippen LogP contribution in [0.5, 0.6) is 11.5 Å². The largest absolute Gasteiger partial charge is 0.481 e. The van der Waals surface area contributed by atoms with Crippen molar-refractivity contribution in [1.82, 2.24) is 19.8 Å². The molecule has 3 heterocycles. The van der Waals surface area contributed by atoms with E-state index in [0.29, 0.717) is 37.6 Å². The Hall–Kier alpha value is -3.38. The second kappa shape index (κ2) is 12.6. The Morgan fingerprint density at radius 3 is 2.64 bits per heavy atom. The summed E-state index contributed by atoms with van der Waals surface area (Å²) in [7, 11) is 1.45. The quantitative estimate of drug-likeness (QED) is 0.392. The van der Waals surface area contributed by atoms with Gasteiger partial charge in [-0.3, -0.25) is 29.0 Å². The van der Waals surface area contributed by atoms with Crippen LogP contribution in [0.3, 0.4) is 0 Å². The van der Waals surface area contributed by atoms with Gasteiger partial charge in [0.05, 0.1) is 19.1 Å². The van der Waals surface area contributed by atoms with Gasteiger partial charge in [-0.05, 0) is 37.0 Å². The number of urea groups is 1. The van der Waals surface area contributed by atoms with Crippen molar-refractivity contribution in [3.8, 4) is 11.5 Å². The van der Waals surface area contributed by atoms with Crippen molar-refractivity contribution in [3.63, 3.8) is 0 Å². The lowest BCUT2D eigenvalue weighted by molar-refractivity contribution is -0.188. The summed E-state index contributed by atoms with van der Waals surface area (Å²) in [5, 5.41) is 11.8. The Morgan fingerprint density at radius 2 is 1.92 bits per heavy atom. The maximum atomic E-state index is 13.3. The molecule has 3 atom stereocenters. The molecule has 3 aliphatic heterocycles. The predicted octanol–water partition coefficient (Wildman–Crippen LogP) is 2.14. The lowest BCUT2D eigenvalue weighted by atomic mass is 9.84. The van der Waals surface area contributed by atoms with Crippen LogP contribution in [0.4, 0.5) is 4.79 Å². The molecule has 39 heavy (non-hydrogen) atoms. The number of hydrogen-bond donors (Lipinski definition) is 1. The summed E-state index contributed by atoms with van der Waals surface area (Å²) < 4.78 is 10.9. The van der Waals surface area contributed by atoms with E-state index in [0.717, 1.165) is 23.3 Å². The molecule has 1 N–H and O–H groups in total. The molecule has 2 saturated heterocycles. The van der Waals surface area contributed by atoms with Gasteiger partial charge in [-0.2, -0.15) is 0 Å². The van der Waals surface area contributed by atoms with Crippen molar-refractivity contribution >= 4 is 23.8 Å². The highest BCUT2D eigenvalue weighted by atomic mass is 16.7. The Labute approximate surface area is 228 Å². The van der Waals surface area contributed by atoms with Gasteiger partial charge >= 0.3 is 12.0 Å². The van der Waals surface area contributed by atoms with Crippen LogP contribution in [-0.4, -0.2) is 108 Å². The summed E-state index contributed by atoms with van der Waals surface area (Å²) in [6, 6.07) is 4.52. The van der Waals surface area contributed by atoms with Crippen molar-refractivity contribution in [3.05, 3.63) is 23.8 Å². The van der Waals surface area contributed by atoms with E-state index in [2.05, 4.69) is 0 Å². The molecule has 0 radical (unpaired) electrons. The van der Waals surface area contributed by atoms with Gasteiger partial charge in [-0.15, -0.1) is 0 Å². The van der Waals surface area contributed by atoms with Crippen molar-refractivity contribution in [2.45, 2.75) is 51.5 Å². The van der Waals surface area contributed by atoms with Crippen LogP contribution in [0.15, 0.2) is 18.2 Å². The summed E-state index contributed by atoms with van der Waals surface area (Å²) in [5.41, 5.74) is 0.790. The highest BCUT2D eigenvalue weighted by Gasteiger charge is 2.48. The fourth-order valence-corrected chi connectivity index (χ4v) is 5.56. The van der Waals surface area contributed by atoms with E-state index in [1.54, 1.807) is 11.0 Å². The highest BCUT2D eigenvalue weighted by Crippen LogP contribution is 2.42. The van der Waals surface area contributed by atoms with Crippen molar-refractivity contribution in [2.24, 2.45) is 5.92 Å². The van der Waals surface area contributed by atoms with Crippen LogP contribution in [0.1, 0.15) is 51.0 Å². The zero-order chi connectivity index (χ0) is 28.1. The number of aliphatic carboxylic acids is 1. The number of hydroxylamine groups is 2. The van der Waals surface area contributed by atoms with Gasteiger partial charge < -0.3 is 19.5 Å². The first kappa shape index (κ1) is 28.6. The van der Waals surface area contributed by atoms with Gasteiger partial charge in [-0.1, -0.05) is 19.9 Å². The molecule has 1 aromatic rings. The van der Waals surface area contributed by atoms with Gasteiger partial charge in [0.1, 0.15) is 0 Å². The zero-order valence-corrected chi connectivity index (χ0v) is 22.8. The first-order valence-electron chi connectivity index (χ1n) is 13.6. The lowest BCUT2D eigenvalue weighted by Crippen LogP contribution is -2.52. The third-order valence-electron chi connectivity index (χ3n) is 7.57. The zero-order valence-electron chi connectivity index (χ0n) is 22.8. The van der Waals surface area contributed by atoms with Gasteiger partial charge in [-0.25, -0.2) is 9.86 Å². The average Bonchev–Trinajstić information content (AvgIpc) is 3.53. The van der Waals surface area contributed by atoms with Crippen molar-refractivity contribution in [1.29, 1.82) is 0 Å². The number of benzene rings is 1. The number of carbonyl (C=O) groups excluding carboxylic acids is 3. The Morgan fingerprint density at radius 1 is 1.15 bits per heavy atom. The minimum atomic E-state index is -0.970. The molecule has 0 aromatic heterocycles. The van der Waals surface area contributed by atoms with E-state index in [1.807, 2.05) is 30.9 Å². The first-order valence-corrected chi connectivity index (χ1v) is 13.6. The van der Waals surface area contributed by atoms with Crippen LogP contribution in [0.25, 0.3) is 0 Å². The number of carboxylic acids is 1. The normalized spacial score (nSPS) is 23.0. The summed E-state index contributed by atoms with van der Waals surface area (Å²) >= 11 is 0. The molecule has 4 rings (SSSR count). The highest BCUT2D eigenvalue weighted by molar-refractivity contribution is 5.96.